The van der Waals surface area contributed by atoms with Crippen molar-refractivity contribution in [1.29, 1.82) is 0 Å². The number of carboxylic acid groups (broad SMARTS) is 1. The second-order valence-electron chi connectivity index (χ2n) is 4.57. The van der Waals surface area contributed by atoms with Crippen molar-refractivity contribution in [3.05, 3.63) is 11.8 Å². The first kappa shape index (κ1) is 11.8. The van der Waals surface area contributed by atoms with Crippen LogP contribution >= 0.6 is 0 Å². The first-order chi connectivity index (χ1) is 6.88. The number of allylic oxidation sites excluding steroid dienone is 1. The summed E-state index contributed by atoms with van der Waals surface area (Å²) in [6.45, 7) is 5.83. The summed E-state index contributed by atoms with van der Waals surface area (Å²) < 4.78 is 0. The second-order valence-corrected chi connectivity index (χ2v) is 4.57. The zero-order valence-corrected chi connectivity index (χ0v) is 9.33. The normalized spacial score (nSPS) is 23.4. The van der Waals surface area contributed by atoms with Crippen molar-refractivity contribution in [2.24, 2.45) is 11.3 Å². The zero-order chi connectivity index (χ0) is 11.6. The predicted octanol–water partition coefficient (Wildman–Crippen LogP) is 1.53. The van der Waals surface area contributed by atoms with Crippen molar-refractivity contribution in [3.63, 3.8) is 0 Å². The monoisotopic (exact) mass is 211 g/mol. The van der Waals surface area contributed by atoms with Gasteiger partial charge in [-0.3, -0.25) is 4.79 Å². The molecule has 1 rings (SSSR count). The third-order valence-electron chi connectivity index (χ3n) is 2.73. The molecule has 1 atom stereocenters. The third kappa shape index (κ3) is 2.81. The lowest BCUT2D eigenvalue weighted by Gasteiger charge is -2.06. The Morgan fingerprint density at radius 1 is 1.53 bits per heavy atom. The molecule has 4 heteroatoms. The lowest BCUT2D eigenvalue weighted by molar-refractivity contribution is -0.135. The van der Waals surface area contributed by atoms with E-state index >= 15 is 0 Å². The van der Waals surface area contributed by atoms with Gasteiger partial charge in [-0.2, -0.15) is 0 Å². The van der Waals surface area contributed by atoms with Crippen LogP contribution in [-0.2, 0) is 9.59 Å². The highest BCUT2D eigenvalue weighted by atomic mass is 16.4. The van der Waals surface area contributed by atoms with E-state index in [9.17, 15) is 9.59 Å². The molecular weight excluding hydrogens is 194 g/mol. The number of carbonyl (C=O) groups is 2. The number of amides is 1. The van der Waals surface area contributed by atoms with Crippen LogP contribution in [0.4, 0.5) is 0 Å². The average Bonchev–Trinajstić information content (AvgIpc) is 2.74. The SMILES string of the molecule is CC/C=C(/NC(=O)C1CC1(C)C)C(=O)O. The van der Waals surface area contributed by atoms with E-state index in [0.717, 1.165) is 6.42 Å². The van der Waals surface area contributed by atoms with E-state index in [2.05, 4.69) is 5.32 Å². The van der Waals surface area contributed by atoms with Gasteiger partial charge in [0.2, 0.25) is 5.91 Å². The summed E-state index contributed by atoms with van der Waals surface area (Å²) in [5, 5.41) is 11.3. The Labute approximate surface area is 89.4 Å². The number of hydrogen-bond donors (Lipinski definition) is 2. The molecule has 1 fully saturated rings. The number of carbonyl (C=O) groups excluding carboxylic acids is 1. The van der Waals surface area contributed by atoms with Gasteiger partial charge in [-0.25, -0.2) is 4.79 Å². The molecule has 0 spiro atoms. The van der Waals surface area contributed by atoms with Crippen LogP contribution in [0.2, 0.25) is 0 Å². The Kier molecular flexibility index (Phi) is 3.17. The molecule has 0 saturated heterocycles. The zero-order valence-electron chi connectivity index (χ0n) is 9.33. The smallest absolute Gasteiger partial charge is 0.352 e. The largest absolute Gasteiger partial charge is 0.477 e. The average molecular weight is 211 g/mol. The molecule has 1 unspecified atom stereocenters. The van der Waals surface area contributed by atoms with Gasteiger partial charge in [0, 0.05) is 5.92 Å². The van der Waals surface area contributed by atoms with Crippen LogP contribution in [0.5, 0.6) is 0 Å². The second kappa shape index (κ2) is 4.04. The van der Waals surface area contributed by atoms with Gasteiger partial charge in [-0.15, -0.1) is 0 Å². The first-order valence-electron chi connectivity index (χ1n) is 5.13. The summed E-state index contributed by atoms with van der Waals surface area (Å²) in [7, 11) is 0. The molecule has 15 heavy (non-hydrogen) atoms. The van der Waals surface area contributed by atoms with Gasteiger partial charge in [-0.1, -0.05) is 26.8 Å². The van der Waals surface area contributed by atoms with Gasteiger partial charge >= 0.3 is 5.97 Å². The van der Waals surface area contributed by atoms with E-state index in [1.807, 2.05) is 20.8 Å². The molecule has 0 aromatic carbocycles. The standard InChI is InChI=1S/C11H17NO3/c1-4-5-8(10(14)15)12-9(13)7-6-11(7,2)3/h5,7H,4,6H2,1-3H3,(H,12,13)(H,14,15)/b8-5+. The summed E-state index contributed by atoms with van der Waals surface area (Å²) in [6, 6.07) is 0. The maximum atomic E-state index is 11.6. The maximum Gasteiger partial charge on any atom is 0.352 e. The molecule has 1 saturated carbocycles. The minimum atomic E-state index is -1.08. The lowest BCUT2D eigenvalue weighted by Crippen LogP contribution is -2.29. The number of rotatable bonds is 4. The quantitative estimate of drug-likeness (QED) is 0.693. The molecule has 84 valence electrons. The highest BCUT2D eigenvalue weighted by Crippen LogP contribution is 2.51. The summed E-state index contributed by atoms with van der Waals surface area (Å²) in [5.74, 6) is -1.30. The molecule has 0 radical (unpaired) electrons. The van der Waals surface area contributed by atoms with Gasteiger partial charge in [0.15, 0.2) is 0 Å². The van der Waals surface area contributed by atoms with E-state index in [0.29, 0.717) is 6.42 Å². The number of carboxylic acids is 1. The van der Waals surface area contributed by atoms with Crippen LogP contribution in [-0.4, -0.2) is 17.0 Å². The summed E-state index contributed by atoms with van der Waals surface area (Å²) >= 11 is 0. The third-order valence-corrected chi connectivity index (χ3v) is 2.73. The minimum Gasteiger partial charge on any atom is -0.477 e. The Hall–Kier alpha value is -1.32. The van der Waals surface area contributed by atoms with Crippen molar-refractivity contribution >= 4 is 11.9 Å². The van der Waals surface area contributed by atoms with E-state index in [-0.39, 0.29) is 22.9 Å². The van der Waals surface area contributed by atoms with Gasteiger partial charge in [0.05, 0.1) is 0 Å². The first-order valence-corrected chi connectivity index (χ1v) is 5.13. The molecule has 0 heterocycles. The van der Waals surface area contributed by atoms with Crippen LogP contribution in [0.1, 0.15) is 33.6 Å². The van der Waals surface area contributed by atoms with Gasteiger partial charge in [-0.05, 0) is 18.3 Å². The fraction of sp³-hybridized carbons (Fsp3) is 0.636. The van der Waals surface area contributed by atoms with Crippen molar-refractivity contribution in [3.8, 4) is 0 Å². The highest BCUT2D eigenvalue weighted by molar-refractivity contribution is 5.94. The fourth-order valence-corrected chi connectivity index (χ4v) is 1.53. The Morgan fingerprint density at radius 3 is 2.40 bits per heavy atom. The van der Waals surface area contributed by atoms with Gasteiger partial charge in [0.25, 0.3) is 0 Å². The van der Waals surface area contributed by atoms with Crippen molar-refractivity contribution < 1.29 is 14.7 Å². The number of aliphatic carboxylic acids is 1. The molecule has 2 N–H and O–H groups in total. The molecule has 0 aromatic rings. The highest BCUT2D eigenvalue weighted by Gasteiger charge is 2.50. The molecule has 1 amide bonds. The van der Waals surface area contributed by atoms with Crippen LogP contribution in [0.15, 0.2) is 11.8 Å². The number of hydrogen-bond acceptors (Lipinski definition) is 2. The Bertz CT molecular complexity index is 318. The van der Waals surface area contributed by atoms with Crippen LogP contribution in [0, 0.1) is 11.3 Å². The van der Waals surface area contributed by atoms with Crippen molar-refractivity contribution in [2.45, 2.75) is 33.6 Å². The molecule has 4 nitrogen and oxygen atoms in total. The Morgan fingerprint density at radius 2 is 2.07 bits per heavy atom. The van der Waals surface area contributed by atoms with Crippen molar-refractivity contribution in [2.75, 3.05) is 0 Å². The van der Waals surface area contributed by atoms with E-state index < -0.39 is 5.97 Å². The minimum absolute atomic E-state index is 0.00907. The number of nitrogens with one attached hydrogen (secondary N) is 1. The van der Waals surface area contributed by atoms with Crippen molar-refractivity contribution in [1.82, 2.24) is 5.32 Å². The Balaban J connectivity index is 2.57. The predicted molar refractivity (Wildman–Crippen MR) is 56.0 cm³/mol. The van der Waals surface area contributed by atoms with E-state index in [1.54, 1.807) is 0 Å². The topological polar surface area (TPSA) is 66.4 Å². The van der Waals surface area contributed by atoms with E-state index in [4.69, 9.17) is 5.11 Å². The van der Waals surface area contributed by atoms with Crippen LogP contribution < -0.4 is 5.32 Å². The molecule has 0 aliphatic heterocycles. The molecule has 1 aliphatic carbocycles. The van der Waals surface area contributed by atoms with Crippen LogP contribution in [0.3, 0.4) is 0 Å². The molecular formula is C11H17NO3. The summed E-state index contributed by atoms with van der Waals surface area (Å²) in [6.07, 6.45) is 2.93. The fourth-order valence-electron chi connectivity index (χ4n) is 1.53. The summed E-state index contributed by atoms with van der Waals surface area (Å²) in [5.41, 5.74) is 0.0186. The van der Waals surface area contributed by atoms with Crippen LogP contribution in [0.25, 0.3) is 0 Å². The molecule has 0 aromatic heterocycles. The summed E-state index contributed by atoms with van der Waals surface area (Å²) in [4.78, 5) is 22.3. The lowest BCUT2D eigenvalue weighted by atomic mass is 10.1. The maximum absolute atomic E-state index is 11.6. The molecule has 0 bridgehead atoms. The van der Waals surface area contributed by atoms with Gasteiger partial charge in [0.1, 0.15) is 5.70 Å². The molecule has 1 aliphatic rings. The van der Waals surface area contributed by atoms with E-state index in [1.165, 1.54) is 6.08 Å². The van der Waals surface area contributed by atoms with Gasteiger partial charge < -0.3 is 10.4 Å².